The molecular formula is C5H7N3O. The molecule has 1 fully saturated rings. The van der Waals surface area contributed by atoms with Gasteiger partial charge in [-0.3, -0.25) is 4.98 Å². The molecule has 9 heavy (non-hydrogen) atoms. The molecule has 4 nitrogen and oxygen atoms in total. The SMILES string of the molecule is O=c1[nH]nc(C2CC2)[nH]1. The maximum Gasteiger partial charge on any atom is 0.340 e. The predicted molar refractivity (Wildman–Crippen MR) is 31.2 cm³/mol. The average Bonchev–Trinajstić information content (AvgIpc) is 2.58. The van der Waals surface area contributed by atoms with Gasteiger partial charge in [-0.2, -0.15) is 5.10 Å². The Labute approximate surface area is 51.3 Å². The van der Waals surface area contributed by atoms with Crippen molar-refractivity contribution in [1.29, 1.82) is 0 Å². The third-order valence-electron chi connectivity index (χ3n) is 1.48. The zero-order valence-corrected chi connectivity index (χ0v) is 4.85. The quantitative estimate of drug-likeness (QED) is 0.553. The molecule has 2 rings (SSSR count). The van der Waals surface area contributed by atoms with Crippen LogP contribution in [0.3, 0.4) is 0 Å². The first-order valence-corrected chi connectivity index (χ1v) is 3.01. The fraction of sp³-hybridized carbons (Fsp3) is 0.600. The molecule has 0 atom stereocenters. The van der Waals surface area contributed by atoms with Crippen LogP contribution in [0.1, 0.15) is 24.6 Å². The van der Waals surface area contributed by atoms with Crippen molar-refractivity contribution in [1.82, 2.24) is 15.2 Å². The minimum absolute atomic E-state index is 0.197. The first-order valence-electron chi connectivity index (χ1n) is 3.01. The van der Waals surface area contributed by atoms with Crippen LogP contribution in [0.2, 0.25) is 0 Å². The Morgan fingerprint density at radius 3 is 2.78 bits per heavy atom. The van der Waals surface area contributed by atoms with E-state index in [4.69, 9.17) is 0 Å². The van der Waals surface area contributed by atoms with E-state index >= 15 is 0 Å². The second kappa shape index (κ2) is 1.46. The summed E-state index contributed by atoms with van der Waals surface area (Å²) in [6, 6.07) is 0. The lowest BCUT2D eigenvalue weighted by molar-refractivity contribution is 0.934. The summed E-state index contributed by atoms with van der Waals surface area (Å²) >= 11 is 0. The van der Waals surface area contributed by atoms with Gasteiger partial charge in [0.25, 0.3) is 0 Å². The van der Waals surface area contributed by atoms with Gasteiger partial charge < -0.3 is 0 Å². The number of hydrogen-bond donors (Lipinski definition) is 2. The minimum Gasteiger partial charge on any atom is -0.293 e. The summed E-state index contributed by atoms with van der Waals surface area (Å²) in [4.78, 5) is 13.1. The highest BCUT2D eigenvalue weighted by atomic mass is 16.1. The summed E-state index contributed by atoms with van der Waals surface area (Å²) in [5, 5.41) is 6.11. The van der Waals surface area contributed by atoms with Crippen LogP contribution in [-0.4, -0.2) is 15.2 Å². The Kier molecular flexibility index (Phi) is 0.777. The van der Waals surface area contributed by atoms with Crippen molar-refractivity contribution in [3.05, 3.63) is 16.3 Å². The van der Waals surface area contributed by atoms with Crippen molar-refractivity contribution in [2.24, 2.45) is 0 Å². The first kappa shape index (κ1) is 4.78. The Bertz CT molecular complexity index is 257. The number of nitrogens with zero attached hydrogens (tertiary/aromatic N) is 1. The van der Waals surface area contributed by atoms with Crippen LogP contribution in [0, 0.1) is 0 Å². The second-order valence-corrected chi connectivity index (χ2v) is 2.34. The number of rotatable bonds is 1. The molecule has 0 bridgehead atoms. The summed E-state index contributed by atoms with van der Waals surface area (Å²) in [7, 11) is 0. The Balaban J connectivity index is 2.38. The lowest BCUT2D eigenvalue weighted by Crippen LogP contribution is -2.00. The maximum atomic E-state index is 10.4. The van der Waals surface area contributed by atoms with Gasteiger partial charge in [0, 0.05) is 5.92 Å². The normalized spacial score (nSPS) is 18.2. The minimum atomic E-state index is -0.197. The largest absolute Gasteiger partial charge is 0.340 e. The Hall–Kier alpha value is -1.06. The summed E-state index contributed by atoms with van der Waals surface area (Å²) < 4.78 is 0. The van der Waals surface area contributed by atoms with Crippen molar-refractivity contribution in [2.45, 2.75) is 18.8 Å². The molecule has 1 saturated carbocycles. The first-order chi connectivity index (χ1) is 4.36. The second-order valence-electron chi connectivity index (χ2n) is 2.34. The highest BCUT2D eigenvalue weighted by Gasteiger charge is 2.26. The van der Waals surface area contributed by atoms with Crippen molar-refractivity contribution < 1.29 is 0 Å². The maximum absolute atomic E-state index is 10.4. The van der Waals surface area contributed by atoms with E-state index in [1.54, 1.807) is 0 Å². The van der Waals surface area contributed by atoms with E-state index in [1.807, 2.05) is 0 Å². The molecule has 1 aromatic heterocycles. The molecule has 1 aromatic rings. The van der Waals surface area contributed by atoms with Crippen molar-refractivity contribution >= 4 is 0 Å². The van der Waals surface area contributed by atoms with Crippen LogP contribution in [-0.2, 0) is 0 Å². The van der Waals surface area contributed by atoms with E-state index in [-0.39, 0.29) is 5.69 Å². The van der Waals surface area contributed by atoms with E-state index in [1.165, 1.54) is 12.8 Å². The number of aromatic amines is 2. The molecule has 0 unspecified atom stereocenters. The highest BCUT2D eigenvalue weighted by molar-refractivity contribution is 5.01. The summed E-state index contributed by atoms with van der Waals surface area (Å²) in [5.41, 5.74) is -0.197. The number of nitrogens with one attached hydrogen (secondary N) is 2. The van der Waals surface area contributed by atoms with Crippen LogP contribution in [0.5, 0.6) is 0 Å². The zero-order valence-electron chi connectivity index (χ0n) is 4.85. The molecule has 4 heteroatoms. The van der Waals surface area contributed by atoms with Gasteiger partial charge in [0.1, 0.15) is 5.82 Å². The van der Waals surface area contributed by atoms with E-state index < -0.39 is 0 Å². The van der Waals surface area contributed by atoms with E-state index in [2.05, 4.69) is 15.2 Å². The molecule has 0 aliphatic heterocycles. The van der Waals surface area contributed by atoms with Gasteiger partial charge in [-0.05, 0) is 12.8 Å². The standard InChI is InChI=1S/C5H7N3O/c9-5-6-4(7-8-5)3-1-2-3/h3H,1-2H2,(H2,6,7,8,9). The molecular weight excluding hydrogens is 118 g/mol. The third kappa shape index (κ3) is 0.759. The molecule has 0 amide bonds. The van der Waals surface area contributed by atoms with E-state index in [0.29, 0.717) is 5.92 Å². The van der Waals surface area contributed by atoms with Gasteiger partial charge >= 0.3 is 5.69 Å². The fourth-order valence-corrected chi connectivity index (χ4v) is 0.833. The van der Waals surface area contributed by atoms with Gasteiger partial charge in [-0.15, -0.1) is 0 Å². The summed E-state index contributed by atoms with van der Waals surface area (Å²) in [6.07, 6.45) is 2.33. The van der Waals surface area contributed by atoms with Crippen LogP contribution >= 0.6 is 0 Å². The third-order valence-corrected chi connectivity index (χ3v) is 1.48. The molecule has 0 spiro atoms. The zero-order chi connectivity index (χ0) is 6.27. The Morgan fingerprint density at radius 1 is 1.56 bits per heavy atom. The van der Waals surface area contributed by atoms with Crippen LogP contribution in [0.25, 0.3) is 0 Å². The highest BCUT2D eigenvalue weighted by Crippen LogP contribution is 2.36. The van der Waals surface area contributed by atoms with E-state index in [9.17, 15) is 4.79 Å². The molecule has 1 aliphatic rings. The predicted octanol–water partition coefficient (Wildman–Crippen LogP) is -0.0246. The fourth-order valence-electron chi connectivity index (χ4n) is 0.833. The van der Waals surface area contributed by atoms with Gasteiger partial charge in [0.15, 0.2) is 0 Å². The van der Waals surface area contributed by atoms with Gasteiger partial charge in [-0.25, -0.2) is 9.89 Å². The smallest absolute Gasteiger partial charge is 0.293 e. The van der Waals surface area contributed by atoms with Gasteiger partial charge in [-0.1, -0.05) is 0 Å². The van der Waals surface area contributed by atoms with Crippen molar-refractivity contribution in [3.8, 4) is 0 Å². The van der Waals surface area contributed by atoms with Crippen molar-refractivity contribution in [3.63, 3.8) is 0 Å². The number of H-pyrrole nitrogens is 2. The Morgan fingerprint density at radius 2 is 2.33 bits per heavy atom. The summed E-state index contributed by atoms with van der Waals surface area (Å²) in [6.45, 7) is 0. The number of hydrogen-bond acceptors (Lipinski definition) is 2. The van der Waals surface area contributed by atoms with E-state index in [0.717, 1.165) is 5.82 Å². The van der Waals surface area contributed by atoms with Crippen LogP contribution in [0.4, 0.5) is 0 Å². The van der Waals surface area contributed by atoms with Crippen LogP contribution < -0.4 is 5.69 Å². The monoisotopic (exact) mass is 125 g/mol. The molecule has 0 aromatic carbocycles. The molecule has 2 N–H and O–H groups in total. The van der Waals surface area contributed by atoms with Crippen LogP contribution in [0.15, 0.2) is 4.79 Å². The molecule has 0 saturated heterocycles. The lowest BCUT2D eigenvalue weighted by atomic mass is 10.4. The van der Waals surface area contributed by atoms with Gasteiger partial charge in [0.2, 0.25) is 0 Å². The summed E-state index contributed by atoms with van der Waals surface area (Å²) in [5.74, 6) is 1.35. The molecule has 1 heterocycles. The van der Waals surface area contributed by atoms with Gasteiger partial charge in [0.05, 0.1) is 0 Å². The topological polar surface area (TPSA) is 61.5 Å². The molecule has 48 valence electrons. The van der Waals surface area contributed by atoms with Crippen molar-refractivity contribution in [2.75, 3.05) is 0 Å². The lowest BCUT2D eigenvalue weighted by Gasteiger charge is -1.80. The average molecular weight is 125 g/mol. The molecule has 0 radical (unpaired) electrons. The molecule has 1 aliphatic carbocycles. The number of aromatic nitrogens is 3.